The SMILES string of the molecule is CN1C(=O)CSc2cc(CCN)ccc21.Cl. The smallest absolute Gasteiger partial charge is 0.237 e. The number of fused-ring (bicyclic) bond motifs is 1. The average Bonchev–Trinajstić information content (AvgIpc) is 2.24. The number of thioether (sulfide) groups is 1. The second-order valence-electron chi connectivity index (χ2n) is 3.58. The molecule has 0 unspecified atom stereocenters. The van der Waals surface area contributed by atoms with Crippen LogP contribution in [-0.4, -0.2) is 25.3 Å². The fraction of sp³-hybridized carbons (Fsp3) is 0.364. The fourth-order valence-corrected chi connectivity index (χ4v) is 2.70. The van der Waals surface area contributed by atoms with E-state index in [9.17, 15) is 4.79 Å². The minimum Gasteiger partial charge on any atom is -0.330 e. The van der Waals surface area contributed by atoms with Crippen LogP contribution in [0.3, 0.4) is 0 Å². The summed E-state index contributed by atoms with van der Waals surface area (Å²) in [6.45, 7) is 0.665. The maximum absolute atomic E-state index is 11.5. The maximum atomic E-state index is 11.5. The zero-order chi connectivity index (χ0) is 10.8. The zero-order valence-electron chi connectivity index (χ0n) is 9.10. The highest BCUT2D eigenvalue weighted by Crippen LogP contribution is 2.35. The molecular formula is C11H15ClN2OS. The van der Waals surface area contributed by atoms with Crippen LogP contribution in [0.4, 0.5) is 5.69 Å². The Bertz CT molecular complexity index is 398. The van der Waals surface area contributed by atoms with E-state index in [1.54, 1.807) is 16.7 Å². The summed E-state index contributed by atoms with van der Waals surface area (Å²) in [5, 5.41) is 0. The molecule has 5 heteroatoms. The number of hydrogen-bond acceptors (Lipinski definition) is 3. The van der Waals surface area contributed by atoms with Crippen LogP contribution in [0.2, 0.25) is 0 Å². The summed E-state index contributed by atoms with van der Waals surface area (Å²) < 4.78 is 0. The van der Waals surface area contributed by atoms with E-state index in [4.69, 9.17) is 5.73 Å². The van der Waals surface area contributed by atoms with E-state index < -0.39 is 0 Å². The highest BCUT2D eigenvalue weighted by molar-refractivity contribution is 8.00. The summed E-state index contributed by atoms with van der Waals surface area (Å²) in [6, 6.07) is 6.18. The van der Waals surface area contributed by atoms with Crippen LogP contribution in [-0.2, 0) is 11.2 Å². The molecule has 1 amide bonds. The van der Waals surface area contributed by atoms with Gasteiger partial charge in [-0.1, -0.05) is 6.07 Å². The Balaban J connectivity index is 0.00000128. The number of nitrogens with two attached hydrogens (primary N) is 1. The highest BCUT2D eigenvalue weighted by Gasteiger charge is 2.21. The summed E-state index contributed by atoms with van der Waals surface area (Å²) in [5.74, 6) is 0.703. The molecule has 16 heavy (non-hydrogen) atoms. The molecule has 1 aliphatic rings. The number of nitrogens with zero attached hydrogens (tertiary/aromatic N) is 1. The van der Waals surface area contributed by atoms with Crippen molar-refractivity contribution in [3.63, 3.8) is 0 Å². The number of benzene rings is 1. The van der Waals surface area contributed by atoms with Gasteiger partial charge >= 0.3 is 0 Å². The van der Waals surface area contributed by atoms with E-state index in [1.165, 1.54) is 10.5 Å². The van der Waals surface area contributed by atoms with Gasteiger partial charge in [0, 0.05) is 11.9 Å². The van der Waals surface area contributed by atoms with E-state index in [0.29, 0.717) is 12.3 Å². The monoisotopic (exact) mass is 258 g/mol. The van der Waals surface area contributed by atoms with Gasteiger partial charge in [0.05, 0.1) is 11.4 Å². The lowest BCUT2D eigenvalue weighted by Crippen LogP contribution is -2.31. The summed E-state index contributed by atoms with van der Waals surface area (Å²) in [7, 11) is 1.82. The van der Waals surface area contributed by atoms with E-state index in [-0.39, 0.29) is 18.3 Å². The van der Waals surface area contributed by atoms with Crippen LogP contribution in [0.5, 0.6) is 0 Å². The van der Waals surface area contributed by atoms with Crippen molar-refractivity contribution in [2.45, 2.75) is 11.3 Å². The minimum atomic E-state index is 0. The normalized spacial score (nSPS) is 14.4. The summed E-state index contributed by atoms with van der Waals surface area (Å²) in [5.41, 5.74) is 7.77. The first-order chi connectivity index (χ1) is 7.22. The lowest BCUT2D eigenvalue weighted by molar-refractivity contribution is -0.116. The second-order valence-corrected chi connectivity index (χ2v) is 4.60. The molecule has 1 heterocycles. The van der Waals surface area contributed by atoms with Crippen LogP contribution in [0, 0.1) is 0 Å². The van der Waals surface area contributed by atoms with E-state index in [0.717, 1.165) is 12.1 Å². The molecular weight excluding hydrogens is 244 g/mol. The van der Waals surface area contributed by atoms with Gasteiger partial charge in [0.25, 0.3) is 0 Å². The van der Waals surface area contributed by atoms with Gasteiger partial charge in [-0.3, -0.25) is 4.79 Å². The van der Waals surface area contributed by atoms with E-state index in [2.05, 4.69) is 6.07 Å². The minimum absolute atomic E-state index is 0. The van der Waals surface area contributed by atoms with Crippen molar-refractivity contribution in [2.75, 3.05) is 24.2 Å². The van der Waals surface area contributed by atoms with Gasteiger partial charge in [-0.15, -0.1) is 24.2 Å². The van der Waals surface area contributed by atoms with Gasteiger partial charge in [0.1, 0.15) is 0 Å². The fourth-order valence-electron chi connectivity index (χ4n) is 1.64. The predicted octanol–water partition coefficient (Wildman–Crippen LogP) is 1.68. The van der Waals surface area contributed by atoms with Gasteiger partial charge in [-0.05, 0) is 30.7 Å². The maximum Gasteiger partial charge on any atom is 0.237 e. The number of amides is 1. The second kappa shape index (κ2) is 5.57. The first-order valence-electron chi connectivity index (χ1n) is 4.94. The topological polar surface area (TPSA) is 46.3 Å². The molecule has 0 aliphatic carbocycles. The third-order valence-corrected chi connectivity index (χ3v) is 3.57. The third-order valence-electron chi connectivity index (χ3n) is 2.54. The summed E-state index contributed by atoms with van der Waals surface area (Å²) in [6.07, 6.45) is 0.894. The Morgan fingerprint density at radius 2 is 2.25 bits per heavy atom. The molecule has 0 atom stereocenters. The highest BCUT2D eigenvalue weighted by atomic mass is 35.5. The quantitative estimate of drug-likeness (QED) is 0.878. The Morgan fingerprint density at radius 1 is 1.50 bits per heavy atom. The molecule has 88 valence electrons. The van der Waals surface area contributed by atoms with Crippen LogP contribution in [0.15, 0.2) is 23.1 Å². The molecule has 1 aromatic carbocycles. The number of anilines is 1. The molecule has 0 spiro atoms. The first-order valence-corrected chi connectivity index (χ1v) is 5.93. The van der Waals surface area contributed by atoms with Crippen LogP contribution in [0.1, 0.15) is 5.56 Å². The standard InChI is InChI=1S/C11H14N2OS.ClH/c1-13-9-3-2-8(4-5-12)6-10(9)15-7-11(13)14;/h2-3,6H,4-5,7,12H2,1H3;1H. The molecule has 0 aromatic heterocycles. The molecule has 0 bridgehead atoms. The van der Waals surface area contributed by atoms with Crippen molar-refractivity contribution < 1.29 is 4.79 Å². The van der Waals surface area contributed by atoms with Crippen LogP contribution in [0.25, 0.3) is 0 Å². The van der Waals surface area contributed by atoms with Crippen molar-refractivity contribution in [3.05, 3.63) is 23.8 Å². The molecule has 3 nitrogen and oxygen atoms in total. The zero-order valence-corrected chi connectivity index (χ0v) is 10.7. The molecule has 0 saturated heterocycles. The molecule has 0 radical (unpaired) electrons. The number of halogens is 1. The van der Waals surface area contributed by atoms with Crippen LogP contribution >= 0.6 is 24.2 Å². The molecule has 2 N–H and O–H groups in total. The predicted molar refractivity (Wildman–Crippen MR) is 70.6 cm³/mol. The van der Waals surface area contributed by atoms with E-state index >= 15 is 0 Å². The Hall–Kier alpha value is -0.710. The lowest BCUT2D eigenvalue weighted by Gasteiger charge is -2.25. The molecule has 0 saturated carbocycles. The Labute approximate surface area is 106 Å². The van der Waals surface area contributed by atoms with Gasteiger partial charge < -0.3 is 10.6 Å². The Morgan fingerprint density at radius 3 is 2.94 bits per heavy atom. The lowest BCUT2D eigenvalue weighted by atomic mass is 10.1. The van der Waals surface area contributed by atoms with E-state index in [1.807, 2.05) is 19.2 Å². The molecule has 2 rings (SSSR count). The number of rotatable bonds is 2. The molecule has 1 aromatic rings. The Kier molecular flexibility index (Phi) is 4.65. The van der Waals surface area contributed by atoms with Crippen molar-refractivity contribution in [1.82, 2.24) is 0 Å². The van der Waals surface area contributed by atoms with Gasteiger partial charge in [-0.2, -0.15) is 0 Å². The van der Waals surface area contributed by atoms with Crippen molar-refractivity contribution in [1.29, 1.82) is 0 Å². The van der Waals surface area contributed by atoms with Crippen molar-refractivity contribution >= 4 is 35.8 Å². The summed E-state index contributed by atoms with van der Waals surface area (Å²) in [4.78, 5) is 14.4. The molecule has 0 fully saturated rings. The molecule has 1 aliphatic heterocycles. The van der Waals surface area contributed by atoms with Gasteiger partial charge in [0.2, 0.25) is 5.91 Å². The largest absolute Gasteiger partial charge is 0.330 e. The van der Waals surface area contributed by atoms with Crippen molar-refractivity contribution in [3.8, 4) is 0 Å². The number of hydrogen-bond donors (Lipinski definition) is 1. The van der Waals surface area contributed by atoms with Gasteiger partial charge in [0.15, 0.2) is 0 Å². The summed E-state index contributed by atoms with van der Waals surface area (Å²) >= 11 is 1.61. The first kappa shape index (κ1) is 13.4. The van der Waals surface area contributed by atoms with Crippen molar-refractivity contribution in [2.24, 2.45) is 5.73 Å². The third kappa shape index (κ3) is 2.51. The van der Waals surface area contributed by atoms with Gasteiger partial charge in [-0.25, -0.2) is 0 Å². The van der Waals surface area contributed by atoms with Crippen LogP contribution < -0.4 is 10.6 Å². The average molecular weight is 259 g/mol. The number of carbonyl (C=O) groups excluding carboxylic acids is 1. The number of carbonyl (C=O) groups is 1.